The fraction of sp³-hybridized carbons (Fsp3) is 0.211. The highest BCUT2D eigenvalue weighted by Gasteiger charge is 2.19. The summed E-state index contributed by atoms with van der Waals surface area (Å²) in [6.07, 6.45) is 0.352. The highest BCUT2D eigenvalue weighted by Crippen LogP contribution is 2.11. The molecule has 2 aromatic carbocycles. The van der Waals surface area contributed by atoms with E-state index in [4.69, 9.17) is 5.26 Å². The van der Waals surface area contributed by atoms with Gasteiger partial charge < -0.3 is 10.4 Å². The van der Waals surface area contributed by atoms with Crippen molar-refractivity contribution >= 4 is 11.9 Å². The molecule has 0 saturated carbocycles. The molecule has 5 heteroatoms. The van der Waals surface area contributed by atoms with Gasteiger partial charge in [-0.15, -0.1) is 0 Å². The van der Waals surface area contributed by atoms with Crippen molar-refractivity contribution in [2.24, 2.45) is 5.92 Å². The number of amides is 1. The first-order valence-electron chi connectivity index (χ1n) is 7.56. The van der Waals surface area contributed by atoms with Crippen LogP contribution in [0.5, 0.6) is 0 Å². The predicted octanol–water partition coefficient (Wildman–Crippen LogP) is 2.54. The number of carboxylic acid groups (broad SMARTS) is 1. The molecule has 0 heterocycles. The molecular formula is C19H18N2O3. The molecule has 0 aliphatic rings. The molecule has 2 rings (SSSR count). The van der Waals surface area contributed by atoms with Gasteiger partial charge in [0.05, 0.1) is 17.6 Å². The molecular weight excluding hydrogens is 304 g/mol. The van der Waals surface area contributed by atoms with E-state index in [0.29, 0.717) is 17.5 Å². The fourth-order valence-electron chi connectivity index (χ4n) is 2.38. The number of hydrogen-bond acceptors (Lipinski definition) is 3. The maximum Gasteiger partial charge on any atom is 0.308 e. The van der Waals surface area contributed by atoms with Crippen LogP contribution in [0.15, 0.2) is 48.5 Å². The van der Waals surface area contributed by atoms with Crippen molar-refractivity contribution in [3.63, 3.8) is 0 Å². The van der Waals surface area contributed by atoms with Crippen molar-refractivity contribution in [1.82, 2.24) is 5.32 Å². The molecule has 0 saturated heterocycles. The summed E-state index contributed by atoms with van der Waals surface area (Å²) < 4.78 is 0. The molecule has 2 N–H and O–H groups in total. The number of carbonyl (C=O) groups is 2. The third kappa shape index (κ3) is 4.68. The van der Waals surface area contributed by atoms with E-state index in [1.165, 1.54) is 0 Å². The first-order valence-corrected chi connectivity index (χ1v) is 7.56. The average Bonchev–Trinajstić information content (AvgIpc) is 2.58. The number of nitrogens with one attached hydrogen (secondary N) is 1. The van der Waals surface area contributed by atoms with Gasteiger partial charge in [-0.2, -0.15) is 5.26 Å². The Kier molecular flexibility index (Phi) is 5.69. The highest BCUT2D eigenvalue weighted by molar-refractivity contribution is 5.94. The Labute approximate surface area is 140 Å². The van der Waals surface area contributed by atoms with E-state index >= 15 is 0 Å². The zero-order valence-corrected chi connectivity index (χ0v) is 13.3. The van der Waals surface area contributed by atoms with Crippen LogP contribution in [0.2, 0.25) is 0 Å². The Hall–Kier alpha value is -3.13. The van der Waals surface area contributed by atoms with Crippen LogP contribution in [-0.2, 0) is 11.2 Å². The summed E-state index contributed by atoms with van der Waals surface area (Å²) in [6.45, 7) is 1.99. The fourth-order valence-corrected chi connectivity index (χ4v) is 2.38. The zero-order valence-electron chi connectivity index (χ0n) is 13.3. The second-order valence-electron chi connectivity index (χ2n) is 5.63. The standard InChI is InChI=1S/C19H18N2O3/c1-13-3-2-4-15(9-13)10-17(19(23)24)12-21-18(22)16-7-5-14(11-20)6-8-16/h2-9,17H,10,12H2,1H3,(H,21,22)(H,23,24)/t17-/m1/s1. The molecule has 0 aliphatic carbocycles. The van der Waals surface area contributed by atoms with Crippen LogP contribution in [0.3, 0.4) is 0 Å². The van der Waals surface area contributed by atoms with Crippen molar-refractivity contribution in [2.45, 2.75) is 13.3 Å². The summed E-state index contributed by atoms with van der Waals surface area (Å²) in [5.41, 5.74) is 2.86. The van der Waals surface area contributed by atoms with Gasteiger partial charge in [-0.25, -0.2) is 0 Å². The molecule has 122 valence electrons. The third-order valence-electron chi connectivity index (χ3n) is 3.70. The lowest BCUT2D eigenvalue weighted by molar-refractivity contribution is -0.141. The summed E-state index contributed by atoms with van der Waals surface area (Å²) in [6, 6.07) is 15.8. The summed E-state index contributed by atoms with van der Waals surface area (Å²) in [5, 5.41) is 20.8. The van der Waals surface area contributed by atoms with E-state index in [1.54, 1.807) is 24.3 Å². The molecule has 5 nitrogen and oxygen atoms in total. The molecule has 0 aliphatic heterocycles. The molecule has 1 amide bonds. The largest absolute Gasteiger partial charge is 0.481 e. The van der Waals surface area contributed by atoms with E-state index in [-0.39, 0.29) is 12.5 Å². The Bertz CT molecular complexity index is 776. The van der Waals surface area contributed by atoms with E-state index in [0.717, 1.165) is 11.1 Å². The van der Waals surface area contributed by atoms with E-state index in [9.17, 15) is 14.7 Å². The van der Waals surface area contributed by atoms with Gasteiger partial charge in [0.2, 0.25) is 0 Å². The third-order valence-corrected chi connectivity index (χ3v) is 3.70. The number of nitrogens with zero attached hydrogens (tertiary/aromatic N) is 1. The molecule has 1 atom stereocenters. The molecule has 0 radical (unpaired) electrons. The lowest BCUT2D eigenvalue weighted by Crippen LogP contribution is -2.34. The van der Waals surface area contributed by atoms with Gasteiger partial charge in [0.15, 0.2) is 0 Å². The van der Waals surface area contributed by atoms with Gasteiger partial charge in [-0.05, 0) is 43.2 Å². The SMILES string of the molecule is Cc1cccc(C[C@H](CNC(=O)c2ccc(C#N)cc2)C(=O)O)c1. The van der Waals surface area contributed by atoms with Crippen molar-refractivity contribution < 1.29 is 14.7 Å². The van der Waals surface area contributed by atoms with Gasteiger partial charge in [0.1, 0.15) is 0 Å². The van der Waals surface area contributed by atoms with Crippen molar-refractivity contribution in [3.05, 3.63) is 70.8 Å². The average molecular weight is 322 g/mol. The monoisotopic (exact) mass is 322 g/mol. The van der Waals surface area contributed by atoms with E-state index in [1.807, 2.05) is 37.3 Å². The van der Waals surface area contributed by atoms with Crippen LogP contribution in [0.1, 0.15) is 27.0 Å². The van der Waals surface area contributed by atoms with Crippen LogP contribution in [0.4, 0.5) is 0 Å². The lowest BCUT2D eigenvalue weighted by Gasteiger charge is -2.14. The summed E-state index contributed by atoms with van der Waals surface area (Å²) >= 11 is 0. The van der Waals surface area contributed by atoms with Crippen molar-refractivity contribution in [3.8, 4) is 6.07 Å². The van der Waals surface area contributed by atoms with Gasteiger partial charge in [0.25, 0.3) is 5.91 Å². The lowest BCUT2D eigenvalue weighted by atomic mass is 9.98. The van der Waals surface area contributed by atoms with Crippen LogP contribution < -0.4 is 5.32 Å². The first-order chi connectivity index (χ1) is 11.5. The molecule has 0 aromatic heterocycles. The summed E-state index contributed by atoms with van der Waals surface area (Å²) in [5.74, 6) is -2.00. The molecule has 0 fully saturated rings. The minimum atomic E-state index is -0.948. The summed E-state index contributed by atoms with van der Waals surface area (Å²) in [4.78, 5) is 23.5. The Balaban J connectivity index is 1.99. The van der Waals surface area contributed by atoms with Crippen LogP contribution in [0.25, 0.3) is 0 Å². The van der Waals surface area contributed by atoms with Crippen molar-refractivity contribution in [1.29, 1.82) is 5.26 Å². The number of carboxylic acids is 1. The topological polar surface area (TPSA) is 90.2 Å². The van der Waals surface area contributed by atoms with Gasteiger partial charge in [0, 0.05) is 12.1 Å². The summed E-state index contributed by atoms with van der Waals surface area (Å²) in [7, 11) is 0. The maximum atomic E-state index is 12.1. The van der Waals surface area contributed by atoms with Crippen LogP contribution >= 0.6 is 0 Å². The Morgan fingerprint density at radius 2 is 1.92 bits per heavy atom. The number of nitriles is 1. The zero-order chi connectivity index (χ0) is 17.5. The molecule has 0 spiro atoms. The predicted molar refractivity (Wildman–Crippen MR) is 89.5 cm³/mol. The number of rotatable bonds is 6. The number of aliphatic carboxylic acids is 1. The molecule has 0 bridgehead atoms. The quantitative estimate of drug-likeness (QED) is 0.855. The second kappa shape index (κ2) is 7.93. The molecule has 24 heavy (non-hydrogen) atoms. The van der Waals surface area contributed by atoms with Crippen molar-refractivity contribution in [2.75, 3.05) is 6.54 Å². The molecule has 2 aromatic rings. The van der Waals surface area contributed by atoms with Gasteiger partial charge in [-0.3, -0.25) is 9.59 Å². The highest BCUT2D eigenvalue weighted by atomic mass is 16.4. The number of benzene rings is 2. The molecule has 0 unspecified atom stereocenters. The Morgan fingerprint density at radius 1 is 1.21 bits per heavy atom. The number of carbonyl (C=O) groups excluding carboxylic acids is 1. The van der Waals surface area contributed by atoms with Crippen LogP contribution in [-0.4, -0.2) is 23.5 Å². The van der Waals surface area contributed by atoms with E-state index < -0.39 is 11.9 Å². The second-order valence-corrected chi connectivity index (χ2v) is 5.63. The smallest absolute Gasteiger partial charge is 0.308 e. The Morgan fingerprint density at radius 3 is 2.50 bits per heavy atom. The first kappa shape index (κ1) is 17.2. The number of hydrogen-bond donors (Lipinski definition) is 2. The van der Waals surface area contributed by atoms with Gasteiger partial charge in [-0.1, -0.05) is 29.8 Å². The van der Waals surface area contributed by atoms with Gasteiger partial charge >= 0.3 is 5.97 Å². The normalized spacial score (nSPS) is 11.3. The van der Waals surface area contributed by atoms with E-state index in [2.05, 4.69) is 5.32 Å². The number of aryl methyl sites for hydroxylation is 1. The maximum absolute atomic E-state index is 12.1. The minimum absolute atomic E-state index is 0.0438. The minimum Gasteiger partial charge on any atom is -0.481 e. The van der Waals surface area contributed by atoms with Crippen LogP contribution in [0, 0.1) is 24.2 Å².